The largest absolute Gasteiger partial charge is 0.399 e. The molecule has 0 spiro atoms. The van der Waals surface area contributed by atoms with Gasteiger partial charge in [0.15, 0.2) is 0 Å². The minimum atomic E-state index is -3.57. The lowest BCUT2D eigenvalue weighted by Gasteiger charge is -2.10. The molecular weight excluding hydrogens is 248 g/mol. The van der Waals surface area contributed by atoms with Crippen molar-refractivity contribution < 1.29 is 8.42 Å². The maximum absolute atomic E-state index is 12.2. The van der Waals surface area contributed by atoms with Gasteiger partial charge in [0.05, 0.1) is 10.6 Å². The summed E-state index contributed by atoms with van der Waals surface area (Å²) >= 11 is 0. The monoisotopic (exact) mass is 262 g/mol. The molecule has 0 amide bonds. The molecule has 2 aromatic rings. The first kappa shape index (κ1) is 12.4. The average Bonchev–Trinajstić information content (AvgIpc) is 2.28. The minimum Gasteiger partial charge on any atom is -0.399 e. The van der Waals surface area contributed by atoms with E-state index in [1.165, 1.54) is 0 Å². The third-order valence-corrected chi connectivity index (χ3v) is 4.06. The summed E-state index contributed by atoms with van der Waals surface area (Å²) in [4.78, 5) is 0.271. The second-order valence-corrected chi connectivity index (χ2v) is 5.65. The SMILES string of the molecule is Cc1ccccc1S(=O)(=O)Nc1cccc(N)c1. The van der Waals surface area contributed by atoms with Crippen LogP contribution in [0.1, 0.15) is 5.56 Å². The van der Waals surface area contributed by atoms with E-state index in [1.807, 2.05) is 0 Å². The van der Waals surface area contributed by atoms with Crippen LogP contribution in [-0.2, 0) is 10.0 Å². The Hall–Kier alpha value is -2.01. The quantitative estimate of drug-likeness (QED) is 0.834. The zero-order valence-corrected chi connectivity index (χ0v) is 10.7. The van der Waals surface area contributed by atoms with Gasteiger partial charge in [-0.1, -0.05) is 24.3 Å². The molecule has 5 heteroatoms. The Bertz CT molecular complexity index is 666. The van der Waals surface area contributed by atoms with Gasteiger partial charge < -0.3 is 5.73 Å². The van der Waals surface area contributed by atoms with E-state index in [0.717, 1.165) is 0 Å². The summed E-state index contributed by atoms with van der Waals surface area (Å²) in [5.41, 5.74) is 7.28. The molecule has 0 saturated heterocycles. The van der Waals surface area contributed by atoms with Crippen molar-refractivity contribution in [1.29, 1.82) is 0 Å². The van der Waals surface area contributed by atoms with Crippen molar-refractivity contribution in [2.24, 2.45) is 0 Å². The zero-order valence-electron chi connectivity index (χ0n) is 9.92. The maximum Gasteiger partial charge on any atom is 0.262 e. The highest BCUT2D eigenvalue weighted by Gasteiger charge is 2.16. The predicted molar refractivity (Wildman–Crippen MR) is 72.8 cm³/mol. The fraction of sp³-hybridized carbons (Fsp3) is 0.0769. The first-order chi connectivity index (χ1) is 8.49. The summed E-state index contributed by atoms with van der Waals surface area (Å²) in [7, 11) is -3.57. The molecule has 2 rings (SSSR count). The number of benzene rings is 2. The molecule has 0 aromatic heterocycles. The molecule has 0 aliphatic rings. The van der Waals surface area contributed by atoms with Crippen molar-refractivity contribution in [3.05, 3.63) is 54.1 Å². The molecule has 94 valence electrons. The summed E-state index contributed by atoms with van der Waals surface area (Å²) in [6.07, 6.45) is 0. The van der Waals surface area contributed by atoms with Crippen LogP contribution in [0.2, 0.25) is 0 Å². The number of hydrogen-bond acceptors (Lipinski definition) is 3. The van der Waals surface area contributed by atoms with Crippen molar-refractivity contribution in [3.63, 3.8) is 0 Å². The molecule has 0 saturated carbocycles. The number of nitrogen functional groups attached to an aromatic ring is 1. The molecule has 0 heterocycles. The number of aryl methyl sites for hydroxylation is 1. The fourth-order valence-corrected chi connectivity index (χ4v) is 2.97. The number of nitrogens with two attached hydrogens (primary N) is 1. The van der Waals surface area contributed by atoms with Crippen LogP contribution >= 0.6 is 0 Å². The van der Waals surface area contributed by atoms with E-state index < -0.39 is 10.0 Å². The van der Waals surface area contributed by atoms with Crippen molar-refractivity contribution in [2.45, 2.75) is 11.8 Å². The second-order valence-electron chi connectivity index (χ2n) is 4.00. The topological polar surface area (TPSA) is 72.2 Å². The number of anilines is 2. The number of nitrogens with one attached hydrogen (secondary N) is 1. The van der Waals surface area contributed by atoms with Crippen LogP contribution in [0.15, 0.2) is 53.4 Å². The molecule has 0 radical (unpaired) electrons. The predicted octanol–water partition coefficient (Wildman–Crippen LogP) is 2.38. The van der Waals surface area contributed by atoms with Gasteiger partial charge in [0.25, 0.3) is 10.0 Å². The maximum atomic E-state index is 12.2. The molecular formula is C13H14N2O2S. The highest BCUT2D eigenvalue weighted by atomic mass is 32.2. The van der Waals surface area contributed by atoms with E-state index in [9.17, 15) is 8.42 Å². The summed E-state index contributed by atoms with van der Waals surface area (Å²) < 4.78 is 26.9. The van der Waals surface area contributed by atoms with E-state index >= 15 is 0 Å². The van der Waals surface area contributed by atoms with Crippen molar-refractivity contribution >= 4 is 21.4 Å². The van der Waals surface area contributed by atoms with Gasteiger partial charge in [0.1, 0.15) is 0 Å². The van der Waals surface area contributed by atoms with Crippen LogP contribution < -0.4 is 10.5 Å². The number of rotatable bonds is 3. The highest BCUT2D eigenvalue weighted by molar-refractivity contribution is 7.92. The lowest BCUT2D eigenvalue weighted by molar-refractivity contribution is 0.600. The highest BCUT2D eigenvalue weighted by Crippen LogP contribution is 2.20. The van der Waals surface area contributed by atoms with E-state index in [0.29, 0.717) is 16.9 Å². The molecule has 0 aliphatic heterocycles. The first-order valence-corrected chi connectivity index (χ1v) is 6.91. The van der Waals surface area contributed by atoms with Crippen LogP contribution in [0.25, 0.3) is 0 Å². The van der Waals surface area contributed by atoms with Gasteiger partial charge in [-0.25, -0.2) is 8.42 Å². The summed E-state index contributed by atoms with van der Waals surface area (Å²) in [6.45, 7) is 1.76. The smallest absolute Gasteiger partial charge is 0.262 e. The summed E-state index contributed by atoms with van der Waals surface area (Å²) in [5.74, 6) is 0. The third kappa shape index (κ3) is 2.62. The molecule has 2 aromatic carbocycles. The van der Waals surface area contributed by atoms with E-state index in [4.69, 9.17) is 5.73 Å². The van der Waals surface area contributed by atoms with Crippen LogP contribution in [0.4, 0.5) is 11.4 Å². The minimum absolute atomic E-state index is 0.271. The zero-order chi connectivity index (χ0) is 13.2. The molecule has 0 aliphatic carbocycles. The summed E-state index contributed by atoms with van der Waals surface area (Å²) in [6, 6.07) is 13.5. The lowest BCUT2D eigenvalue weighted by atomic mass is 10.2. The molecule has 4 nitrogen and oxygen atoms in total. The lowest BCUT2D eigenvalue weighted by Crippen LogP contribution is -2.14. The molecule has 0 unspecified atom stereocenters. The van der Waals surface area contributed by atoms with E-state index in [2.05, 4.69) is 4.72 Å². The van der Waals surface area contributed by atoms with Gasteiger partial charge in [-0.05, 0) is 36.8 Å². The van der Waals surface area contributed by atoms with Crippen molar-refractivity contribution in [1.82, 2.24) is 0 Å². The normalized spacial score (nSPS) is 11.2. The number of hydrogen-bond donors (Lipinski definition) is 2. The van der Waals surface area contributed by atoms with Crippen molar-refractivity contribution in [3.8, 4) is 0 Å². The Morgan fingerprint density at radius 1 is 1.06 bits per heavy atom. The Kier molecular flexibility index (Phi) is 3.25. The second kappa shape index (κ2) is 4.70. The van der Waals surface area contributed by atoms with E-state index in [-0.39, 0.29) is 4.90 Å². The molecule has 0 bridgehead atoms. The third-order valence-electron chi connectivity index (χ3n) is 2.52. The first-order valence-electron chi connectivity index (χ1n) is 5.43. The Morgan fingerprint density at radius 3 is 2.44 bits per heavy atom. The molecule has 0 fully saturated rings. The molecule has 18 heavy (non-hydrogen) atoms. The van der Waals surface area contributed by atoms with Crippen LogP contribution in [-0.4, -0.2) is 8.42 Å². The van der Waals surface area contributed by atoms with Crippen molar-refractivity contribution in [2.75, 3.05) is 10.5 Å². The average molecular weight is 262 g/mol. The van der Waals surface area contributed by atoms with Gasteiger partial charge in [0.2, 0.25) is 0 Å². The summed E-state index contributed by atoms with van der Waals surface area (Å²) in [5, 5.41) is 0. The molecule has 0 atom stereocenters. The van der Waals surface area contributed by atoms with Crippen LogP contribution in [0.3, 0.4) is 0 Å². The standard InChI is InChI=1S/C13H14N2O2S/c1-10-5-2-3-8-13(10)18(16,17)15-12-7-4-6-11(14)9-12/h2-9,15H,14H2,1H3. The van der Waals surface area contributed by atoms with Gasteiger partial charge >= 0.3 is 0 Å². The molecule has 3 N–H and O–H groups in total. The van der Waals surface area contributed by atoms with Crippen LogP contribution in [0, 0.1) is 6.92 Å². The van der Waals surface area contributed by atoms with Gasteiger partial charge in [-0.15, -0.1) is 0 Å². The van der Waals surface area contributed by atoms with E-state index in [1.54, 1.807) is 55.5 Å². The fourth-order valence-electron chi connectivity index (χ4n) is 1.67. The number of sulfonamides is 1. The van der Waals surface area contributed by atoms with Crippen LogP contribution in [0.5, 0.6) is 0 Å². The Balaban J connectivity index is 2.37. The van der Waals surface area contributed by atoms with Gasteiger partial charge in [-0.2, -0.15) is 0 Å². The van der Waals surface area contributed by atoms with Gasteiger partial charge in [-0.3, -0.25) is 4.72 Å². The Morgan fingerprint density at radius 2 is 1.78 bits per heavy atom. The van der Waals surface area contributed by atoms with Gasteiger partial charge in [0, 0.05) is 5.69 Å². The Labute approximate surface area is 107 Å².